The summed E-state index contributed by atoms with van der Waals surface area (Å²) < 4.78 is 38.1. The van der Waals surface area contributed by atoms with E-state index >= 15 is 0 Å². The smallest absolute Gasteiger partial charge is 0.401 e. The molecule has 0 saturated carbocycles. The summed E-state index contributed by atoms with van der Waals surface area (Å²) in [6, 6.07) is 6.94. The van der Waals surface area contributed by atoms with Crippen LogP contribution in [-0.4, -0.2) is 35.6 Å². The van der Waals surface area contributed by atoms with Crippen molar-refractivity contribution in [1.29, 1.82) is 0 Å². The van der Waals surface area contributed by atoms with Crippen LogP contribution < -0.4 is 11.1 Å². The fraction of sp³-hybridized carbons (Fsp3) is 0.286. The molecular weight excluding hydrogens is 395 g/mol. The van der Waals surface area contributed by atoms with Gasteiger partial charge in [-0.1, -0.05) is 12.1 Å². The van der Waals surface area contributed by atoms with Crippen molar-refractivity contribution in [3.63, 3.8) is 0 Å². The summed E-state index contributed by atoms with van der Waals surface area (Å²) >= 11 is 0. The zero-order valence-corrected chi connectivity index (χ0v) is 16.4. The second-order valence-corrected chi connectivity index (χ2v) is 7.00. The molecule has 0 spiro atoms. The highest BCUT2D eigenvalue weighted by Crippen LogP contribution is 2.30. The molecule has 0 radical (unpaired) electrons. The summed E-state index contributed by atoms with van der Waals surface area (Å²) in [5.41, 5.74) is 8.59. The zero-order valence-electron chi connectivity index (χ0n) is 16.4. The van der Waals surface area contributed by atoms with Gasteiger partial charge < -0.3 is 11.1 Å². The number of amides is 1. The number of allylic oxidation sites excluding steroid dienone is 1. The molecule has 1 amide bonds. The molecule has 1 aliphatic heterocycles. The number of benzene rings is 1. The number of aliphatic imine (C=N–C) groups is 1. The number of hydrogen-bond acceptors (Lipinski definition) is 5. The Balaban J connectivity index is 1.59. The number of carbonyl (C=O) groups excluding carboxylic acids is 1. The van der Waals surface area contributed by atoms with E-state index in [4.69, 9.17) is 5.73 Å². The van der Waals surface area contributed by atoms with Crippen LogP contribution in [0.3, 0.4) is 0 Å². The topological polar surface area (TPSA) is 83.6 Å². The van der Waals surface area contributed by atoms with Gasteiger partial charge in [-0.2, -0.15) is 13.2 Å². The molecule has 1 aliphatic rings. The second-order valence-electron chi connectivity index (χ2n) is 7.00. The lowest BCUT2D eigenvalue weighted by molar-refractivity contribution is -0.137. The van der Waals surface area contributed by atoms with Crippen LogP contribution >= 0.6 is 0 Å². The van der Waals surface area contributed by atoms with Gasteiger partial charge in [-0.25, -0.2) is 0 Å². The fourth-order valence-electron chi connectivity index (χ4n) is 3.13. The number of fused-ring (bicyclic) bond motifs is 1. The van der Waals surface area contributed by atoms with Crippen LogP contribution in [0.25, 0.3) is 0 Å². The summed E-state index contributed by atoms with van der Waals surface area (Å²) in [5.74, 6) is -0.281. The lowest BCUT2D eigenvalue weighted by Gasteiger charge is -2.15. The summed E-state index contributed by atoms with van der Waals surface area (Å²) in [6.45, 7) is 1.84. The first-order valence-electron chi connectivity index (χ1n) is 9.27. The largest absolute Gasteiger partial charge is 0.416 e. The number of nitrogens with one attached hydrogen (secondary N) is 1. The Morgan fingerprint density at radius 1 is 1.30 bits per heavy atom. The monoisotopic (exact) mass is 417 g/mol. The van der Waals surface area contributed by atoms with Gasteiger partial charge in [0.1, 0.15) is 0 Å². The third-order valence-corrected chi connectivity index (χ3v) is 4.67. The van der Waals surface area contributed by atoms with Crippen LogP contribution in [0.2, 0.25) is 0 Å². The third-order valence-electron chi connectivity index (χ3n) is 4.67. The molecular formula is C21H22F3N5O. The molecule has 3 N–H and O–H groups in total. The normalized spacial score (nSPS) is 14.9. The molecule has 0 bridgehead atoms. The number of halogens is 3. The van der Waals surface area contributed by atoms with Crippen molar-refractivity contribution >= 4 is 12.1 Å². The van der Waals surface area contributed by atoms with Crippen molar-refractivity contribution < 1.29 is 18.0 Å². The maximum Gasteiger partial charge on any atom is 0.416 e. The fourth-order valence-corrected chi connectivity index (χ4v) is 3.13. The summed E-state index contributed by atoms with van der Waals surface area (Å²) in [5, 5.41) is 2.73. The molecule has 0 saturated heterocycles. The van der Waals surface area contributed by atoms with E-state index in [-0.39, 0.29) is 12.5 Å². The van der Waals surface area contributed by atoms with E-state index in [0.717, 1.165) is 29.0 Å². The van der Waals surface area contributed by atoms with Crippen LogP contribution in [0.1, 0.15) is 32.7 Å². The molecule has 0 aliphatic carbocycles. The van der Waals surface area contributed by atoms with Crippen molar-refractivity contribution in [2.24, 2.45) is 10.7 Å². The molecule has 158 valence electrons. The van der Waals surface area contributed by atoms with Crippen LogP contribution in [-0.2, 0) is 25.8 Å². The highest BCUT2D eigenvalue weighted by atomic mass is 19.4. The Bertz CT molecular complexity index is 968. The van der Waals surface area contributed by atoms with Gasteiger partial charge in [0.05, 0.1) is 23.4 Å². The molecule has 0 unspecified atom stereocenters. The molecule has 1 aromatic heterocycles. The molecule has 6 nitrogen and oxygen atoms in total. The van der Waals surface area contributed by atoms with Crippen LogP contribution in [0.15, 0.2) is 53.3 Å². The van der Waals surface area contributed by atoms with Crippen LogP contribution in [0.5, 0.6) is 0 Å². The Morgan fingerprint density at radius 3 is 2.70 bits per heavy atom. The predicted octanol–water partition coefficient (Wildman–Crippen LogP) is 2.89. The summed E-state index contributed by atoms with van der Waals surface area (Å²) in [4.78, 5) is 22.6. The third kappa shape index (κ3) is 5.44. The van der Waals surface area contributed by atoms with E-state index in [1.165, 1.54) is 18.3 Å². The van der Waals surface area contributed by atoms with Crippen LogP contribution in [0.4, 0.5) is 13.2 Å². The van der Waals surface area contributed by atoms with Gasteiger partial charge in [0.2, 0.25) is 0 Å². The first-order valence-corrected chi connectivity index (χ1v) is 9.27. The van der Waals surface area contributed by atoms with Crippen molar-refractivity contribution in [1.82, 2.24) is 15.2 Å². The van der Waals surface area contributed by atoms with Gasteiger partial charge in [0, 0.05) is 44.8 Å². The molecule has 0 atom stereocenters. The van der Waals surface area contributed by atoms with E-state index < -0.39 is 11.7 Å². The van der Waals surface area contributed by atoms with Gasteiger partial charge in [-0.3, -0.25) is 19.7 Å². The Hall–Kier alpha value is -3.20. The first-order chi connectivity index (χ1) is 14.3. The molecule has 2 heterocycles. The Morgan fingerprint density at radius 2 is 2.03 bits per heavy atom. The van der Waals surface area contributed by atoms with E-state index in [1.54, 1.807) is 25.4 Å². The highest BCUT2D eigenvalue weighted by molar-refractivity contribution is 5.94. The molecule has 9 heteroatoms. The molecule has 3 rings (SSSR count). The van der Waals surface area contributed by atoms with Crippen molar-refractivity contribution in [3.8, 4) is 0 Å². The van der Waals surface area contributed by atoms with Gasteiger partial charge in [-0.05, 0) is 35.4 Å². The lowest BCUT2D eigenvalue weighted by atomic mass is 10.1. The van der Waals surface area contributed by atoms with Crippen molar-refractivity contribution in [2.45, 2.75) is 25.8 Å². The minimum Gasteiger partial charge on any atom is -0.401 e. The lowest BCUT2D eigenvalue weighted by Crippen LogP contribution is -2.28. The number of nitrogens with two attached hydrogens (primary N) is 1. The SMILES string of the molecule is CN=CC=C(N)CNC(=O)c1cnc2c(c1)CN(Cc1ccc(C(F)(F)F)cc1)C2. The predicted molar refractivity (Wildman–Crippen MR) is 108 cm³/mol. The molecule has 1 aromatic carbocycles. The minimum atomic E-state index is -4.34. The van der Waals surface area contributed by atoms with Gasteiger partial charge >= 0.3 is 6.18 Å². The minimum absolute atomic E-state index is 0.196. The van der Waals surface area contributed by atoms with Gasteiger partial charge in [-0.15, -0.1) is 0 Å². The quantitative estimate of drug-likeness (QED) is 0.708. The van der Waals surface area contributed by atoms with E-state index in [1.807, 2.05) is 0 Å². The first kappa shape index (κ1) is 21.5. The number of nitrogens with zero attached hydrogens (tertiary/aromatic N) is 3. The zero-order chi connectivity index (χ0) is 21.7. The molecule has 0 fully saturated rings. The number of aromatic nitrogens is 1. The molecule has 2 aromatic rings. The number of hydrogen-bond donors (Lipinski definition) is 2. The van der Waals surface area contributed by atoms with Gasteiger partial charge in [0.25, 0.3) is 5.91 Å². The standard InChI is InChI=1S/C21H22F3N5O/c1-26-7-6-18(25)10-28-20(30)15-8-16-12-29(13-19(16)27-9-15)11-14-2-4-17(5-3-14)21(22,23)24/h2-9H,10-13,25H2,1H3,(H,28,30). The second kappa shape index (κ2) is 9.08. The molecule has 30 heavy (non-hydrogen) atoms. The average molecular weight is 417 g/mol. The van der Waals surface area contributed by atoms with Gasteiger partial charge in [0.15, 0.2) is 0 Å². The number of pyridine rings is 1. The maximum atomic E-state index is 12.7. The Kier molecular flexibility index (Phi) is 6.51. The van der Waals surface area contributed by atoms with E-state index in [0.29, 0.717) is 30.9 Å². The maximum absolute atomic E-state index is 12.7. The van der Waals surface area contributed by atoms with Crippen molar-refractivity contribution in [3.05, 3.63) is 76.2 Å². The van der Waals surface area contributed by atoms with Crippen molar-refractivity contribution in [2.75, 3.05) is 13.6 Å². The number of rotatable bonds is 6. The summed E-state index contributed by atoms with van der Waals surface area (Å²) in [7, 11) is 1.62. The average Bonchev–Trinajstić information content (AvgIpc) is 3.11. The number of alkyl halides is 3. The Labute approximate surface area is 172 Å². The number of carbonyl (C=O) groups is 1. The highest BCUT2D eigenvalue weighted by Gasteiger charge is 2.30. The van der Waals surface area contributed by atoms with E-state index in [2.05, 4.69) is 20.2 Å². The van der Waals surface area contributed by atoms with Crippen LogP contribution in [0, 0.1) is 0 Å². The summed E-state index contributed by atoms with van der Waals surface area (Å²) in [6.07, 6.45) is 0.334. The van der Waals surface area contributed by atoms with E-state index in [9.17, 15) is 18.0 Å².